The molecule has 0 aromatic rings. The zero-order valence-electron chi connectivity index (χ0n) is 11.8. The first kappa shape index (κ1) is 12.9. The van der Waals surface area contributed by atoms with Crippen LogP contribution in [0.3, 0.4) is 0 Å². The first-order valence-corrected chi connectivity index (χ1v) is 7.35. The number of nitrogens with one attached hydrogen (secondary N) is 1. The lowest BCUT2D eigenvalue weighted by molar-refractivity contribution is -0.151. The molecule has 0 spiro atoms. The molecule has 0 aliphatic carbocycles. The Balaban J connectivity index is 1.81. The molecule has 0 aromatic heterocycles. The fraction of sp³-hybridized carbons (Fsp3) is 0.857. The van der Waals surface area contributed by atoms with Gasteiger partial charge >= 0.3 is 0 Å². The summed E-state index contributed by atoms with van der Waals surface area (Å²) < 4.78 is 0. The SMILES string of the molecule is CC1(C)NC(=O)CN(C2CCN3CCCCC23)C1=O. The molecule has 0 saturated carbocycles. The Kier molecular flexibility index (Phi) is 3.04. The van der Waals surface area contributed by atoms with Gasteiger partial charge in [-0.15, -0.1) is 0 Å². The van der Waals surface area contributed by atoms with Gasteiger partial charge in [0.1, 0.15) is 5.54 Å². The van der Waals surface area contributed by atoms with E-state index in [2.05, 4.69) is 10.2 Å². The maximum Gasteiger partial charge on any atom is 0.248 e. The van der Waals surface area contributed by atoms with Crippen LogP contribution in [-0.2, 0) is 9.59 Å². The molecule has 3 heterocycles. The Morgan fingerprint density at radius 3 is 2.68 bits per heavy atom. The summed E-state index contributed by atoms with van der Waals surface area (Å²) in [5.41, 5.74) is -0.753. The molecule has 3 saturated heterocycles. The number of carbonyl (C=O) groups excluding carboxylic acids is 2. The minimum Gasteiger partial charge on any atom is -0.341 e. The summed E-state index contributed by atoms with van der Waals surface area (Å²) in [7, 11) is 0. The van der Waals surface area contributed by atoms with Crippen LogP contribution in [0.25, 0.3) is 0 Å². The summed E-state index contributed by atoms with van der Waals surface area (Å²) in [4.78, 5) is 28.7. The van der Waals surface area contributed by atoms with E-state index in [1.807, 2.05) is 4.90 Å². The first-order valence-electron chi connectivity index (χ1n) is 7.35. The molecule has 2 atom stereocenters. The van der Waals surface area contributed by atoms with Gasteiger partial charge < -0.3 is 10.2 Å². The largest absolute Gasteiger partial charge is 0.341 e. The van der Waals surface area contributed by atoms with Gasteiger partial charge in [-0.2, -0.15) is 0 Å². The predicted molar refractivity (Wildman–Crippen MR) is 71.6 cm³/mol. The molecule has 3 aliphatic heterocycles. The van der Waals surface area contributed by atoms with Gasteiger partial charge in [-0.25, -0.2) is 0 Å². The van der Waals surface area contributed by atoms with Crippen molar-refractivity contribution < 1.29 is 9.59 Å². The lowest BCUT2D eigenvalue weighted by Gasteiger charge is -2.43. The highest BCUT2D eigenvalue weighted by Gasteiger charge is 2.47. The molecule has 0 radical (unpaired) electrons. The minimum absolute atomic E-state index is 0.0288. The van der Waals surface area contributed by atoms with Crippen molar-refractivity contribution in [2.75, 3.05) is 19.6 Å². The van der Waals surface area contributed by atoms with E-state index in [4.69, 9.17) is 0 Å². The highest BCUT2D eigenvalue weighted by atomic mass is 16.2. The van der Waals surface area contributed by atoms with Gasteiger partial charge in [-0.1, -0.05) is 6.42 Å². The van der Waals surface area contributed by atoms with Crippen LogP contribution in [0.15, 0.2) is 0 Å². The van der Waals surface area contributed by atoms with E-state index in [-0.39, 0.29) is 24.4 Å². The minimum atomic E-state index is -0.753. The second-order valence-electron chi connectivity index (χ2n) is 6.56. The summed E-state index contributed by atoms with van der Waals surface area (Å²) in [6, 6.07) is 0.706. The van der Waals surface area contributed by atoms with Crippen molar-refractivity contribution >= 4 is 11.8 Å². The highest BCUT2D eigenvalue weighted by molar-refractivity contribution is 5.97. The lowest BCUT2D eigenvalue weighted by atomic mass is 9.93. The zero-order valence-corrected chi connectivity index (χ0v) is 11.8. The number of hydrogen-bond donors (Lipinski definition) is 1. The van der Waals surface area contributed by atoms with Gasteiger partial charge in [0.2, 0.25) is 11.8 Å². The summed E-state index contributed by atoms with van der Waals surface area (Å²) in [5.74, 6) is 0.0448. The average molecular weight is 265 g/mol. The summed E-state index contributed by atoms with van der Waals surface area (Å²) in [5, 5.41) is 2.79. The number of carbonyl (C=O) groups is 2. The number of amides is 2. The van der Waals surface area contributed by atoms with E-state index in [9.17, 15) is 9.59 Å². The molecule has 19 heavy (non-hydrogen) atoms. The number of fused-ring (bicyclic) bond motifs is 1. The monoisotopic (exact) mass is 265 g/mol. The van der Waals surface area contributed by atoms with Crippen LogP contribution in [0.4, 0.5) is 0 Å². The third-order valence-corrected chi connectivity index (χ3v) is 4.78. The van der Waals surface area contributed by atoms with Gasteiger partial charge in [0, 0.05) is 18.6 Å². The van der Waals surface area contributed by atoms with Gasteiger partial charge in [-0.05, 0) is 39.7 Å². The fourth-order valence-corrected chi connectivity index (χ4v) is 3.88. The third-order valence-electron chi connectivity index (χ3n) is 4.78. The topological polar surface area (TPSA) is 52.7 Å². The Hall–Kier alpha value is -1.10. The van der Waals surface area contributed by atoms with Crippen molar-refractivity contribution in [3.63, 3.8) is 0 Å². The molecule has 2 amide bonds. The van der Waals surface area contributed by atoms with E-state index in [1.54, 1.807) is 13.8 Å². The van der Waals surface area contributed by atoms with Crippen molar-refractivity contribution in [3.05, 3.63) is 0 Å². The van der Waals surface area contributed by atoms with Crippen LogP contribution >= 0.6 is 0 Å². The fourth-order valence-electron chi connectivity index (χ4n) is 3.88. The van der Waals surface area contributed by atoms with Gasteiger partial charge in [0.15, 0.2) is 0 Å². The molecule has 0 aromatic carbocycles. The second kappa shape index (κ2) is 4.47. The normalized spacial score (nSPS) is 35.2. The van der Waals surface area contributed by atoms with E-state index in [0.29, 0.717) is 6.04 Å². The van der Waals surface area contributed by atoms with Crippen LogP contribution in [0.5, 0.6) is 0 Å². The first-order chi connectivity index (χ1) is 8.99. The molecule has 106 valence electrons. The average Bonchev–Trinajstić information content (AvgIpc) is 2.77. The molecule has 5 nitrogen and oxygen atoms in total. The second-order valence-corrected chi connectivity index (χ2v) is 6.56. The smallest absolute Gasteiger partial charge is 0.248 e. The lowest BCUT2D eigenvalue weighted by Crippen LogP contribution is -2.67. The van der Waals surface area contributed by atoms with Crippen LogP contribution in [0.2, 0.25) is 0 Å². The van der Waals surface area contributed by atoms with E-state index in [1.165, 1.54) is 12.8 Å². The van der Waals surface area contributed by atoms with Crippen LogP contribution in [0.1, 0.15) is 39.5 Å². The molecule has 5 heteroatoms. The molecule has 1 N–H and O–H groups in total. The predicted octanol–water partition coefficient (Wildman–Crippen LogP) is 0.350. The van der Waals surface area contributed by atoms with Gasteiger partial charge in [0.05, 0.1) is 6.54 Å². The van der Waals surface area contributed by atoms with Crippen LogP contribution < -0.4 is 5.32 Å². The molecule has 2 unspecified atom stereocenters. The molecule has 3 rings (SSSR count). The summed E-state index contributed by atoms with van der Waals surface area (Å²) >= 11 is 0. The molecular formula is C14H23N3O2. The maximum absolute atomic E-state index is 12.5. The molecular weight excluding hydrogens is 242 g/mol. The number of hydrogen-bond acceptors (Lipinski definition) is 3. The van der Waals surface area contributed by atoms with Crippen LogP contribution in [0, 0.1) is 0 Å². The Labute approximate surface area is 114 Å². The Bertz CT molecular complexity index is 407. The summed E-state index contributed by atoms with van der Waals surface area (Å²) in [6.07, 6.45) is 4.69. The highest BCUT2D eigenvalue weighted by Crippen LogP contribution is 2.32. The van der Waals surface area contributed by atoms with Crippen molar-refractivity contribution in [1.82, 2.24) is 15.1 Å². The van der Waals surface area contributed by atoms with Crippen molar-refractivity contribution in [3.8, 4) is 0 Å². The van der Waals surface area contributed by atoms with E-state index in [0.717, 1.165) is 25.9 Å². The number of nitrogens with zero attached hydrogens (tertiary/aromatic N) is 2. The van der Waals surface area contributed by atoms with E-state index < -0.39 is 5.54 Å². The summed E-state index contributed by atoms with van der Waals surface area (Å²) in [6.45, 7) is 6.05. The van der Waals surface area contributed by atoms with Gasteiger partial charge in [-0.3, -0.25) is 14.5 Å². The Morgan fingerprint density at radius 1 is 1.11 bits per heavy atom. The van der Waals surface area contributed by atoms with E-state index >= 15 is 0 Å². The number of rotatable bonds is 1. The van der Waals surface area contributed by atoms with Crippen molar-refractivity contribution in [1.29, 1.82) is 0 Å². The molecule has 0 bridgehead atoms. The Morgan fingerprint density at radius 2 is 1.89 bits per heavy atom. The van der Waals surface area contributed by atoms with Gasteiger partial charge in [0.25, 0.3) is 0 Å². The van der Waals surface area contributed by atoms with Crippen molar-refractivity contribution in [2.45, 2.75) is 57.2 Å². The quantitative estimate of drug-likeness (QED) is 0.744. The maximum atomic E-state index is 12.5. The van der Waals surface area contributed by atoms with Crippen LogP contribution in [-0.4, -0.2) is 58.9 Å². The van der Waals surface area contributed by atoms with Crippen molar-refractivity contribution in [2.24, 2.45) is 0 Å². The standard InChI is InChI=1S/C14H23N3O2/c1-14(2)13(19)17(9-12(18)15-14)11-6-8-16-7-4-3-5-10(11)16/h10-11H,3-9H2,1-2H3,(H,15,18). The zero-order chi connectivity index (χ0) is 13.6. The molecule has 3 aliphatic rings. The molecule has 3 fully saturated rings. The number of piperidine rings is 1. The third kappa shape index (κ3) is 2.14. The number of piperazine rings is 1.